The number of imidazole rings is 1. The van der Waals surface area contributed by atoms with Crippen molar-refractivity contribution in [1.82, 2.24) is 29.9 Å². The van der Waals surface area contributed by atoms with E-state index in [1.54, 1.807) is 6.20 Å². The zero-order chi connectivity index (χ0) is 13.8. The summed E-state index contributed by atoms with van der Waals surface area (Å²) in [4.78, 5) is 11.7. The van der Waals surface area contributed by atoms with E-state index in [9.17, 15) is 0 Å². The zero-order valence-electron chi connectivity index (χ0n) is 11.5. The summed E-state index contributed by atoms with van der Waals surface area (Å²) in [6.45, 7) is 3.73. The molecule has 0 atom stereocenters. The summed E-state index contributed by atoms with van der Waals surface area (Å²) in [6.07, 6.45) is 9.59. The number of hydrogen-bond acceptors (Lipinski definition) is 4. The number of aromatic amines is 1. The molecule has 0 aliphatic carbocycles. The molecule has 0 amide bonds. The van der Waals surface area contributed by atoms with Gasteiger partial charge in [-0.1, -0.05) is 0 Å². The molecule has 0 aromatic carbocycles. The van der Waals surface area contributed by atoms with E-state index in [2.05, 4.69) is 25.4 Å². The van der Waals surface area contributed by atoms with Gasteiger partial charge in [0.1, 0.15) is 5.82 Å². The van der Waals surface area contributed by atoms with E-state index in [0.29, 0.717) is 0 Å². The van der Waals surface area contributed by atoms with Crippen LogP contribution in [0.2, 0.25) is 0 Å². The fourth-order valence-corrected chi connectivity index (χ4v) is 2.17. The van der Waals surface area contributed by atoms with Crippen molar-refractivity contribution in [3.63, 3.8) is 0 Å². The number of aryl methyl sites for hydroxylation is 2. The third-order valence-corrected chi connectivity index (χ3v) is 3.14. The standard InChI is InChI=1S/C14H18N6/c1-11-7-14-18-9-12(10-20(14)19-11)8-15-4-2-3-13-16-5-6-17-13/h5-7,9-10,15H,2-4,8H2,1H3,(H,16,17). The number of aromatic nitrogens is 5. The van der Waals surface area contributed by atoms with E-state index in [1.165, 1.54) is 0 Å². The first-order valence-corrected chi connectivity index (χ1v) is 6.81. The van der Waals surface area contributed by atoms with E-state index in [1.807, 2.05) is 36.1 Å². The summed E-state index contributed by atoms with van der Waals surface area (Å²) >= 11 is 0. The molecule has 3 heterocycles. The van der Waals surface area contributed by atoms with E-state index in [0.717, 1.165) is 48.7 Å². The minimum Gasteiger partial charge on any atom is -0.349 e. The van der Waals surface area contributed by atoms with Gasteiger partial charge in [0.25, 0.3) is 0 Å². The Morgan fingerprint density at radius 1 is 1.35 bits per heavy atom. The normalized spacial score (nSPS) is 11.2. The van der Waals surface area contributed by atoms with Gasteiger partial charge in [0.05, 0.1) is 5.69 Å². The first kappa shape index (κ1) is 12.8. The summed E-state index contributed by atoms with van der Waals surface area (Å²) < 4.78 is 1.83. The highest BCUT2D eigenvalue weighted by atomic mass is 15.2. The minimum atomic E-state index is 0.806. The molecular formula is C14H18N6. The highest BCUT2D eigenvalue weighted by Crippen LogP contribution is 2.04. The second-order valence-corrected chi connectivity index (χ2v) is 4.87. The van der Waals surface area contributed by atoms with Crippen molar-refractivity contribution < 1.29 is 0 Å². The van der Waals surface area contributed by atoms with E-state index in [-0.39, 0.29) is 0 Å². The second kappa shape index (κ2) is 5.83. The SMILES string of the molecule is Cc1cc2ncc(CNCCCc3ncc[nH]3)cn2n1. The first-order chi connectivity index (χ1) is 9.81. The van der Waals surface area contributed by atoms with Crippen LogP contribution in [0.25, 0.3) is 5.65 Å². The van der Waals surface area contributed by atoms with Crippen molar-refractivity contribution in [3.05, 3.63) is 47.9 Å². The van der Waals surface area contributed by atoms with Crippen molar-refractivity contribution >= 4 is 5.65 Å². The van der Waals surface area contributed by atoms with Crippen molar-refractivity contribution in [2.75, 3.05) is 6.54 Å². The highest BCUT2D eigenvalue weighted by Gasteiger charge is 2.00. The monoisotopic (exact) mass is 270 g/mol. The van der Waals surface area contributed by atoms with Crippen molar-refractivity contribution in [2.24, 2.45) is 0 Å². The molecule has 3 aromatic heterocycles. The van der Waals surface area contributed by atoms with Crippen LogP contribution < -0.4 is 5.32 Å². The number of hydrogen-bond donors (Lipinski definition) is 2. The molecule has 0 radical (unpaired) electrons. The molecule has 6 heteroatoms. The molecule has 0 aliphatic rings. The van der Waals surface area contributed by atoms with E-state index < -0.39 is 0 Å². The maximum atomic E-state index is 4.39. The van der Waals surface area contributed by atoms with Gasteiger partial charge in [0.2, 0.25) is 0 Å². The molecule has 0 bridgehead atoms. The fraction of sp³-hybridized carbons (Fsp3) is 0.357. The van der Waals surface area contributed by atoms with Crippen molar-refractivity contribution in [1.29, 1.82) is 0 Å². The Hall–Kier alpha value is -2.21. The highest BCUT2D eigenvalue weighted by molar-refractivity contribution is 5.38. The lowest BCUT2D eigenvalue weighted by Gasteiger charge is -2.04. The van der Waals surface area contributed by atoms with Crippen LogP contribution in [0.3, 0.4) is 0 Å². The first-order valence-electron chi connectivity index (χ1n) is 6.81. The summed E-state index contributed by atoms with van der Waals surface area (Å²) in [7, 11) is 0. The third-order valence-electron chi connectivity index (χ3n) is 3.14. The molecule has 0 saturated heterocycles. The summed E-state index contributed by atoms with van der Waals surface area (Å²) in [6, 6.07) is 1.97. The van der Waals surface area contributed by atoms with Crippen molar-refractivity contribution in [2.45, 2.75) is 26.3 Å². The fourth-order valence-electron chi connectivity index (χ4n) is 2.17. The lowest BCUT2D eigenvalue weighted by atomic mass is 10.3. The van der Waals surface area contributed by atoms with Crippen LogP contribution in [0.4, 0.5) is 0 Å². The van der Waals surface area contributed by atoms with E-state index in [4.69, 9.17) is 0 Å². The van der Waals surface area contributed by atoms with Gasteiger partial charge in [-0.15, -0.1) is 0 Å². The lowest BCUT2D eigenvalue weighted by molar-refractivity contribution is 0.637. The van der Waals surface area contributed by atoms with Gasteiger partial charge >= 0.3 is 0 Å². The molecule has 0 unspecified atom stereocenters. The number of H-pyrrole nitrogens is 1. The average molecular weight is 270 g/mol. The molecule has 0 aliphatic heterocycles. The molecule has 3 rings (SSSR count). The summed E-state index contributed by atoms with van der Waals surface area (Å²) in [5, 5.41) is 7.78. The quantitative estimate of drug-likeness (QED) is 0.666. The van der Waals surface area contributed by atoms with Crippen LogP contribution in [0.1, 0.15) is 23.5 Å². The lowest BCUT2D eigenvalue weighted by Crippen LogP contribution is -2.16. The molecule has 0 fully saturated rings. The third kappa shape index (κ3) is 3.03. The van der Waals surface area contributed by atoms with Crippen LogP contribution >= 0.6 is 0 Å². The molecule has 104 valence electrons. The van der Waals surface area contributed by atoms with Crippen LogP contribution in [-0.4, -0.2) is 31.1 Å². The molecule has 3 aromatic rings. The van der Waals surface area contributed by atoms with Crippen LogP contribution in [0.15, 0.2) is 30.9 Å². The van der Waals surface area contributed by atoms with Gasteiger partial charge in [-0.2, -0.15) is 5.10 Å². The molecular weight excluding hydrogens is 252 g/mol. The molecule has 20 heavy (non-hydrogen) atoms. The average Bonchev–Trinajstić information content (AvgIpc) is 3.06. The van der Waals surface area contributed by atoms with Gasteiger partial charge in [0.15, 0.2) is 5.65 Å². The Labute approximate surface area is 117 Å². The maximum absolute atomic E-state index is 4.39. The Kier molecular flexibility index (Phi) is 3.73. The summed E-state index contributed by atoms with van der Waals surface area (Å²) in [5.74, 6) is 1.04. The smallest absolute Gasteiger partial charge is 0.155 e. The zero-order valence-corrected chi connectivity index (χ0v) is 11.5. The molecule has 6 nitrogen and oxygen atoms in total. The molecule has 2 N–H and O–H groups in total. The minimum absolute atomic E-state index is 0.806. The van der Waals surface area contributed by atoms with Crippen molar-refractivity contribution in [3.8, 4) is 0 Å². The Balaban J connectivity index is 1.47. The second-order valence-electron chi connectivity index (χ2n) is 4.87. The van der Waals surface area contributed by atoms with Crippen LogP contribution in [-0.2, 0) is 13.0 Å². The maximum Gasteiger partial charge on any atom is 0.155 e. The van der Waals surface area contributed by atoms with Gasteiger partial charge in [0, 0.05) is 49.4 Å². The molecule has 0 saturated carbocycles. The number of nitrogens with zero attached hydrogens (tertiary/aromatic N) is 4. The largest absolute Gasteiger partial charge is 0.349 e. The molecule has 0 spiro atoms. The Morgan fingerprint density at radius 3 is 3.15 bits per heavy atom. The number of fused-ring (bicyclic) bond motifs is 1. The Bertz CT molecular complexity index is 670. The van der Waals surface area contributed by atoms with Gasteiger partial charge in [-0.05, 0) is 19.9 Å². The van der Waals surface area contributed by atoms with Gasteiger partial charge in [-0.3, -0.25) is 0 Å². The number of rotatable bonds is 6. The van der Waals surface area contributed by atoms with Gasteiger partial charge in [-0.25, -0.2) is 14.5 Å². The summed E-state index contributed by atoms with van der Waals surface area (Å²) in [5.41, 5.74) is 3.02. The Morgan fingerprint density at radius 2 is 2.30 bits per heavy atom. The predicted octanol–water partition coefficient (Wildman–Crippen LogP) is 1.48. The van der Waals surface area contributed by atoms with E-state index >= 15 is 0 Å². The number of nitrogens with one attached hydrogen (secondary N) is 2. The predicted molar refractivity (Wildman–Crippen MR) is 76.3 cm³/mol. The van der Waals surface area contributed by atoms with Gasteiger partial charge < -0.3 is 10.3 Å². The van der Waals surface area contributed by atoms with Crippen LogP contribution in [0, 0.1) is 6.92 Å². The topological polar surface area (TPSA) is 70.9 Å². The van der Waals surface area contributed by atoms with Crippen LogP contribution in [0.5, 0.6) is 0 Å².